The molecule has 0 bridgehead atoms. The maximum Gasteiger partial charge on any atom is 0.175 e. The van der Waals surface area contributed by atoms with Crippen LogP contribution in [0.4, 0.5) is 0 Å². The first-order valence-electron chi connectivity index (χ1n) is 5.24. The van der Waals surface area contributed by atoms with Crippen LogP contribution in [0, 0.1) is 6.92 Å². The molecule has 3 nitrogen and oxygen atoms in total. The third-order valence-electron chi connectivity index (χ3n) is 3.17. The lowest BCUT2D eigenvalue weighted by atomic mass is 9.98. The Morgan fingerprint density at radius 3 is 2.25 bits per heavy atom. The van der Waals surface area contributed by atoms with E-state index in [4.69, 9.17) is 15.2 Å². The number of rotatable bonds is 3. The molecule has 16 heavy (non-hydrogen) atoms. The number of nitrogens with two attached hydrogens (primary N) is 1. The van der Waals surface area contributed by atoms with Gasteiger partial charge in [-0.3, -0.25) is 0 Å². The molecular weight excluding hydrogens is 270 g/mol. The summed E-state index contributed by atoms with van der Waals surface area (Å²) in [6.07, 6.45) is 2.07. The van der Waals surface area contributed by atoms with Crippen molar-refractivity contribution in [3.8, 4) is 11.5 Å². The van der Waals surface area contributed by atoms with Crippen LogP contribution in [0.1, 0.15) is 24.0 Å². The molecule has 1 aromatic carbocycles. The normalized spacial score (nSPS) is 17.1. The summed E-state index contributed by atoms with van der Waals surface area (Å²) >= 11 is 3.49. The van der Waals surface area contributed by atoms with Crippen molar-refractivity contribution in [1.29, 1.82) is 0 Å². The highest BCUT2D eigenvalue weighted by atomic mass is 79.9. The summed E-state index contributed by atoms with van der Waals surface area (Å²) in [6, 6.07) is 2.05. The van der Waals surface area contributed by atoms with Gasteiger partial charge in [0.15, 0.2) is 11.5 Å². The molecule has 1 aliphatic rings. The van der Waals surface area contributed by atoms with Crippen LogP contribution in [0.3, 0.4) is 0 Å². The van der Waals surface area contributed by atoms with Gasteiger partial charge in [-0.2, -0.15) is 0 Å². The minimum absolute atomic E-state index is 0.161. The van der Waals surface area contributed by atoms with Crippen LogP contribution in [0.2, 0.25) is 0 Å². The molecule has 0 spiro atoms. The van der Waals surface area contributed by atoms with E-state index >= 15 is 0 Å². The van der Waals surface area contributed by atoms with E-state index in [9.17, 15) is 0 Å². The molecule has 0 amide bonds. The molecule has 1 fully saturated rings. The Hall–Kier alpha value is -0.740. The second kappa shape index (κ2) is 3.93. The van der Waals surface area contributed by atoms with Crippen molar-refractivity contribution in [2.45, 2.75) is 25.3 Å². The molecule has 4 heteroatoms. The number of halogens is 1. The lowest BCUT2D eigenvalue weighted by Crippen LogP contribution is -2.20. The van der Waals surface area contributed by atoms with Gasteiger partial charge in [0.1, 0.15) is 0 Å². The van der Waals surface area contributed by atoms with Gasteiger partial charge in [0.05, 0.1) is 18.7 Å². The highest BCUT2D eigenvalue weighted by Crippen LogP contribution is 2.49. The smallest absolute Gasteiger partial charge is 0.175 e. The van der Waals surface area contributed by atoms with Crippen molar-refractivity contribution in [3.63, 3.8) is 0 Å². The average molecular weight is 286 g/mol. The Labute approximate surface area is 104 Å². The van der Waals surface area contributed by atoms with Crippen molar-refractivity contribution in [2.24, 2.45) is 5.73 Å². The predicted octanol–water partition coefficient (Wildman–Crippen LogP) is 2.72. The molecule has 88 valence electrons. The van der Waals surface area contributed by atoms with Gasteiger partial charge in [-0.05, 0) is 47.3 Å². The Bertz CT molecular complexity index is 428. The number of ether oxygens (including phenoxy) is 2. The topological polar surface area (TPSA) is 44.5 Å². The molecule has 2 N–H and O–H groups in total. The molecule has 1 saturated carbocycles. The van der Waals surface area contributed by atoms with E-state index < -0.39 is 0 Å². The van der Waals surface area contributed by atoms with E-state index in [2.05, 4.69) is 15.9 Å². The first-order valence-corrected chi connectivity index (χ1v) is 6.03. The molecule has 0 saturated heterocycles. The van der Waals surface area contributed by atoms with Crippen molar-refractivity contribution in [3.05, 3.63) is 21.7 Å². The summed E-state index contributed by atoms with van der Waals surface area (Å²) in [6.45, 7) is 2.02. The van der Waals surface area contributed by atoms with Crippen LogP contribution in [-0.4, -0.2) is 14.2 Å². The molecule has 0 unspecified atom stereocenters. The largest absolute Gasteiger partial charge is 0.493 e. The molecule has 1 aromatic rings. The van der Waals surface area contributed by atoms with Gasteiger partial charge in [-0.25, -0.2) is 0 Å². The van der Waals surface area contributed by atoms with Crippen LogP contribution >= 0.6 is 15.9 Å². The van der Waals surface area contributed by atoms with E-state index in [1.165, 1.54) is 0 Å². The summed E-state index contributed by atoms with van der Waals surface area (Å²) in [7, 11) is 3.29. The zero-order chi connectivity index (χ0) is 11.9. The Balaban J connectivity index is 2.61. The van der Waals surface area contributed by atoms with Crippen molar-refractivity contribution >= 4 is 15.9 Å². The monoisotopic (exact) mass is 285 g/mol. The number of hydrogen-bond donors (Lipinski definition) is 1. The van der Waals surface area contributed by atoms with E-state index in [-0.39, 0.29) is 5.54 Å². The standard InChI is InChI=1S/C12H16BrNO2/c1-7-8(12(14)4-5-12)6-9(13)11(16-3)10(7)15-2/h6H,4-5,14H2,1-3H3. The van der Waals surface area contributed by atoms with Gasteiger partial charge in [-0.1, -0.05) is 0 Å². The van der Waals surface area contributed by atoms with Crippen LogP contribution in [-0.2, 0) is 5.54 Å². The molecule has 0 atom stereocenters. The first kappa shape index (κ1) is 11.7. The molecule has 0 aliphatic heterocycles. The van der Waals surface area contributed by atoms with Crippen molar-refractivity contribution in [1.82, 2.24) is 0 Å². The fourth-order valence-electron chi connectivity index (χ4n) is 2.06. The van der Waals surface area contributed by atoms with Crippen molar-refractivity contribution in [2.75, 3.05) is 14.2 Å². The summed E-state index contributed by atoms with van der Waals surface area (Å²) in [5, 5.41) is 0. The highest BCUT2D eigenvalue weighted by molar-refractivity contribution is 9.10. The van der Waals surface area contributed by atoms with E-state index in [1.54, 1.807) is 14.2 Å². The fraction of sp³-hybridized carbons (Fsp3) is 0.500. The summed E-state index contributed by atoms with van der Waals surface area (Å²) in [5.41, 5.74) is 8.30. The Morgan fingerprint density at radius 2 is 1.81 bits per heavy atom. The molecule has 0 radical (unpaired) electrons. The molecule has 0 aromatic heterocycles. The number of hydrogen-bond acceptors (Lipinski definition) is 3. The van der Waals surface area contributed by atoms with Crippen LogP contribution in [0.5, 0.6) is 11.5 Å². The fourth-order valence-corrected chi connectivity index (χ4v) is 2.63. The van der Waals surface area contributed by atoms with Crippen LogP contribution in [0.25, 0.3) is 0 Å². The number of methoxy groups -OCH3 is 2. The molecule has 2 rings (SSSR count). The van der Waals surface area contributed by atoms with E-state index in [0.717, 1.165) is 39.9 Å². The Morgan fingerprint density at radius 1 is 1.25 bits per heavy atom. The molecule has 1 aliphatic carbocycles. The lowest BCUT2D eigenvalue weighted by molar-refractivity contribution is 0.350. The molecule has 0 heterocycles. The lowest BCUT2D eigenvalue weighted by Gasteiger charge is -2.19. The highest BCUT2D eigenvalue weighted by Gasteiger charge is 2.42. The van der Waals surface area contributed by atoms with Gasteiger partial charge >= 0.3 is 0 Å². The zero-order valence-electron chi connectivity index (χ0n) is 9.76. The van der Waals surface area contributed by atoms with Gasteiger partial charge in [0, 0.05) is 11.1 Å². The predicted molar refractivity (Wildman–Crippen MR) is 67.1 cm³/mol. The zero-order valence-corrected chi connectivity index (χ0v) is 11.3. The van der Waals surface area contributed by atoms with Gasteiger partial charge in [0.25, 0.3) is 0 Å². The minimum atomic E-state index is -0.161. The SMILES string of the molecule is COc1c(Br)cc(C2(N)CC2)c(C)c1OC. The van der Waals surface area contributed by atoms with Gasteiger partial charge in [-0.15, -0.1) is 0 Å². The van der Waals surface area contributed by atoms with Gasteiger partial charge < -0.3 is 15.2 Å². The molecular formula is C12H16BrNO2. The maximum absolute atomic E-state index is 6.24. The Kier molecular flexibility index (Phi) is 2.88. The second-order valence-electron chi connectivity index (χ2n) is 4.25. The summed E-state index contributed by atoms with van der Waals surface area (Å²) < 4.78 is 11.6. The minimum Gasteiger partial charge on any atom is -0.493 e. The third kappa shape index (κ3) is 1.70. The second-order valence-corrected chi connectivity index (χ2v) is 5.11. The quantitative estimate of drug-likeness (QED) is 0.929. The van der Waals surface area contributed by atoms with E-state index in [1.807, 2.05) is 13.0 Å². The maximum atomic E-state index is 6.24. The van der Waals surface area contributed by atoms with E-state index in [0.29, 0.717) is 0 Å². The first-order chi connectivity index (χ1) is 7.53. The summed E-state index contributed by atoms with van der Waals surface area (Å²) in [5.74, 6) is 1.50. The van der Waals surface area contributed by atoms with Crippen LogP contribution < -0.4 is 15.2 Å². The van der Waals surface area contributed by atoms with Crippen molar-refractivity contribution < 1.29 is 9.47 Å². The van der Waals surface area contributed by atoms with Crippen LogP contribution in [0.15, 0.2) is 10.5 Å². The third-order valence-corrected chi connectivity index (χ3v) is 3.76. The summed E-state index contributed by atoms with van der Waals surface area (Å²) in [4.78, 5) is 0. The van der Waals surface area contributed by atoms with Gasteiger partial charge in [0.2, 0.25) is 0 Å². The number of benzene rings is 1. The average Bonchev–Trinajstić information content (AvgIpc) is 2.99.